The molecular weight excluding hydrogens is 271 g/mol. The average molecular weight is 281 g/mol. The van der Waals surface area contributed by atoms with E-state index in [-0.39, 0.29) is 12.4 Å². The van der Waals surface area contributed by atoms with Crippen LogP contribution in [0.4, 0.5) is 0 Å². The van der Waals surface area contributed by atoms with E-state index in [0.29, 0.717) is 15.8 Å². The molecule has 0 amide bonds. The first kappa shape index (κ1) is 12.9. The van der Waals surface area contributed by atoms with Crippen molar-refractivity contribution in [2.24, 2.45) is 0 Å². The molecule has 0 radical (unpaired) electrons. The van der Waals surface area contributed by atoms with E-state index in [0.717, 1.165) is 5.56 Å². The van der Waals surface area contributed by atoms with E-state index in [1.807, 2.05) is 0 Å². The third kappa shape index (κ3) is 3.76. The standard InChI is InChI=1S/C14H10Cl2O2/c15-11-3-1-10(2-4-11)9-14(17)18-13-7-5-12(16)6-8-13/h1-8H,9H2. The highest BCUT2D eigenvalue weighted by Gasteiger charge is 2.06. The predicted molar refractivity (Wildman–Crippen MR) is 72.2 cm³/mol. The normalized spacial score (nSPS) is 10.1. The number of halogens is 2. The van der Waals surface area contributed by atoms with Gasteiger partial charge in [0.1, 0.15) is 5.75 Å². The van der Waals surface area contributed by atoms with Crippen molar-refractivity contribution in [2.45, 2.75) is 6.42 Å². The molecule has 0 unspecified atom stereocenters. The summed E-state index contributed by atoms with van der Waals surface area (Å²) in [5, 5.41) is 1.25. The van der Waals surface area contributed by atoms with Crippen LogP contribution in [0, 0.1) is 0 Å². The first-order valence-electron chi connectivity index (χ1n) is 5.34. The molecule has 0 spiro atoms. The van der Waals surface area contributed by atoms with Crippen LogP contribution in [0.1, 0.15) is 5.56 Å². The van der Waals surface area contributed by atoms with Gasteiger partial charge in [0, 0.05) is 10.0 Å². The number of carbonyl (C=O) groups is 1. The van der Waals surface area contributed by atoms with Gasteiger partial charge in [0.2, 0.25) is 0 Å². The van der Waals surface area contributed by atoms with E-state index in [1.54, 1.807) is 48.5 Å². The highest BCUT2D eigenvalue weighted by atomic mass is 35.5. The number of esters is 1. The summed E-state index contributed by atoms with van der Waals surface area (Å²) < 4.78 is 5.17. The molecule has 4 heteroatoms. The maximum absolute atomic E-state index is 11.7. The van der Waals surface area contributed by atoms with Crippen molar-refractivity contribution in [3.63, 3.8) is 0 Å². The van der Waals surface area contributed by atoms with Crippen molar-refractivity contribution < 1.29 is 9.53 Å². The molecule has 0 aromatic heterocycles. The van der Waals surface area contributed by atoms with Gasteiger partial charge >= 0.3 is 5.97 Å². The van der Waals surface area contributed by atoms with E-state index < -0.39 is 0 Å². The second-order valence-electron chi connectivity index (χ2n) is 3.73. The highest BCUT2D eigenvalue weighted by Crippen LogP contribution is 2.16. The number of carbonyl (C=O) groups excluding carboxylic acids is 1. The summed E-state index contributed by atoms with van der Waals surface area (Å²) in [7, 11) is 0. The van der Waals surface area contributed by atoms with Crippen molar-refractivity contribution in [1.29, 1.82) is 0 Å². The van der Waals surface area contributed by atoms with Gasteiger partial charge in [-0.3, -0.25) is 4.79 Å². The Hall–Kier alpha value is -1.51. The molecule has 0 aliphatic heterocycles. The van der Waals surface area contributed by atoms with Crippen LogP contribution in [0.25, 0.3) is 0 Å². The van der Waals surface area contributed by atoms with Gasteiger partial charge in [-0.05, 0) is 42.0 Å². The van der Waals surface area contributed by atoms with Crippen molar-refractivity contribution in [2.75, 3.05) is 0 Å². The molecule has 0 heterocycles. The SMILES string of the molecule is O=C(Cc1ccc(Cl)cc1)Oc1ccc(Cl)cc1. The van der Waals surface area contributed by atoms with Gasteiger partial charge in [-0.25, -0.2) is 0 Å². The molecule has 0 bridgehead atoms. The van der Waals surface area contributed by atoms with Gasteiger partial charge in [0.05, 0.1) is 6.42 Å². The van der Waals surface area contributed by atoms with Crippen LogP contribution in [0.15, 0.2) is 48.5 Å². The van der Waals surface area contributed by atoms with E-state index in [4.69, 9.17) is 27.9 Å². The molecule has 0 N–H and O–H groups in total. The summed E-state index contributed by atoms with van der Waals surface area (Å²) in [4.78, 5) is 11.7. The molecular formula is C14H10Cl2O2. The van der Waals surface area contributed by atoms with Crippen LogP contribution >= 0.6 is 23.2 Å². The lowest BCUT2D eigenvalue weighted by Gasteiger charge is -2.04. The minimum absolute atomic E-state index is 0.208. The maximum Gasteiger partial charge on any atom is 0.315 e. The van der Waals surface area contributed by atoms with Crippen LogP contribution in [-0.4, -0.2) is 5.97 Å². The third-order valence-corrected chi connectivity index (χ3v) is 2.81. The Balaban J connectivity index is 1.96. The predicted octanol–water partition coefficient (Wildman–Crippen LogP) is 4.14. The molecule has 18 heavy (non-hydrogen) atoms. The maximum atomic E-state index is 11.7. The van der Waals surface area contributed by atoms with Gasteiger partial charge in [-0.1, -0.05) is 35.3 Å². The summed E-state index contributed by atoms with van der Waals surface area (Å²) in [6.45, 7) is 0. The Morgan fingerprint density at radius 1 is 0.889 bits per heavy atom. The quantitative estimate of drug-likeness (QED) is 0.624. The lowest BCUT2D eigenvalue weighted by Crippen LogP contribution is -2.11. The lowest BCUT2D eigenvalue weighted by molar-refractivity contribution is -0.133. The molecule has 0 fully saturated rings. The average Bonchev–Trinajstić information content (AvgIpc) is 2.35. The largest absolute Gasteiger partial charge is 0.426 e. The van der Waals surface area contributed by atoms with Gasteiger partial charge < -0.3 is 4.74 Å². The van der Waals surface area contributed by atoms with E-state index in [2.05, 4.69) is 0 Å². The second kappa shape index (κ2) is 5.89. The Kier molecular flexibility index (Phi) is 4.24. The van der Waals surface area contributed by atoms with Gasteiger partial charge in [-0.15, -0.1) is 0 Å². The van der Waals surface area contributed by atoms with Crippen molar-refractivity contribution in [1.82, 2.24) is 0 Å². The molecule has 0 saturated carbocycles. The summed E-state index contributed by atoms with van der Waals surface area (Å²) in [6, 6.07) is 13.7. The Bertz CT molecular complexity index is 483. The van der Waals surface area contributed by atoms with Crippen molar-refractivity contribution in [3.05, 3.63) is 64.1 Å². The van der Waals surface area contributed by atoms with Crippen LogP contribution in [-0.2, 0) is 11.2 Å². The third-order valence-electron chi connectivity index (χ3n) is 2.31. The van der Waals surface area contributed by atoms with Crippen molar-refractivity contribution >= 4 is 29.2 Å². The molecule has 2 aromatic rings. The van der Waals surface area contributed by atoms with Crippen LogP contribution in [0.5, 0.6) is 5.75 Å². The Labute approximate surface area is 115 Å². The topological polar surface area (TPSA) is 26.3 Å². The number of ether oxygens (including phenoxy) is 1. The van der Waals surface area contributed by atoms with E-state index >= 15 is 0 Å². The highest BCUT2D eigenvalue weighted by molar-refractivity contribution is 6.30. The van der Waals surface area contributed by atoms with Crippen LogP contribution < -0.4 is 4.74 Å². The number of hydrogen-bond donors (Lipinski definition) is 0. The van der Waals surface area contributed by atoms with Gasteiger partial charge in [0.15, 0.2) is 0 Å². The van der Waals surface area contributed by atoms with E-state index in [1.165, 1.54) is 0 Å². The molecule has 2 rings (SSSR count). The fourth-order valence-electron chi connectivity index (χ4n) is 1.44. The summed E-state index contributed by atoms with van der Waals surface area (Å²) in [5.41, 5.74) is 0.860. The zero-order chi connectivity index (χ0) is 13.0. The molecule has 0 saturated heterocycles. The zero-order valence-electron chi connectivity index (χ0n) is 9.40. The van der Waals surface area contributed by atoms with E-state index in [9.17, 15) is 4.79 Å². The molecule has 0 aliphatic carbocycles. The number of rotatable bonds is 3. The van der Waals surface area contributed by atoms with Gasteiger partial charge in [-0.2, -0.15) is 0 Å². The van der Waals surface area contributed by atoms with Crippen LogP contribution in [0.3, 0.4) is 0 Å². The number of benzene rings is 2. The molecule has 2 nitrogen and oxygen atoms in total. The smallest absolute Gasteiger partial charge is 0.315 e. The second-order valence-corrected chi connectivity index (χ2v) is 4.60. The first-order valence-corrected chi connectivity index (χ1v) is 6.10. The lowest BCUT2D eigenvalue weighted by atomic mass is 10.1. The fourth-order valence-corrected chi connectivity index (χ4v) is 1.69. The molecule has 0 atom stereocenters. The Morgan fingerprint density at radius 2 is 1.39 bits per heavy atom. The molecule has 0 aliphatic rings. The minimum atomic E-state index is -0.320. The summed E-state index contributed by atoms with van der Waals surface area (Å²) >= 11 is 11.5. The number of hydrogen-bond acceptors (Lipinski definition) is 2. The van der Waals surface area contributed by atoms with Gasteiger partial charge in [0.25, 0.3) is 0 Å². The van der Waals surface area contributed by atoms with Crippen LogP contribution in [0.2, 0.25) is 10.0 Å². The monoisotopic (exact) mass is 280 g/mol. The molecule has 92 valence electrons. The Morgan fingerprint density at radius 3 is 1.94 bits per heavy atom. The molecule has 2 aromatic carbocycles. The summed E-state index contributed by atoms with van der Waals surface area (Å²) in [6.07, 6.45) is 0.208. The first-order chi connectivity index (χ1) is 8.63. The minimum Gasteiger partial charge on any atom is -0.426 e. The fraction of sp³-hybridized carbons (Fsp3) is 0.0714. The summed E-state index contributed by atoms with van der Waals surface area (Å²) in [5.74, 6) is 0.165. The van der Waals surface area contributed by atoms with Crippen molar-refractivity contribution in [3.8, 4) is 5.75 Å². The zero-order valence-corrected chi connectivity index (χ0v) is 10.9.